The van der Waals surface area contributed by atoms with Gasteiger partial charge in [-0.25, -0.2) is 0 Å². The van der Waals surface area contributed by atoms with Crippen LogP contribution in [0, 0.1) is 45.8 Å². The first-order chi connectivity index (χ1) is 22.2. The molecule has 3 aliphatic rings. The first-order valence-corrected chi connectivity index (χ1v) is 18.8. The second-order valence-electron chi connectivity index (χ2n) is 14.5. The summed E-state index contributed by atoms with van der Waals surface area (Å²) >= 11 is 0. The van der Waals surface area contributed by atoms with Crippen LogP contribution in [0.15, 0.2) is 30.3 Å². The fourth-order valence-electron chi connectivity index (χ4n) is 9.92. The molecule has 5 heteroatoms. The van der Waals surface area contributed by atoms with Gasteiger partial charge in [0.15, 0.2) is 0 Å². The molecule has 0 aliphatic heterocycles. The Labute approximate surface area is 284 Å². The van der Waals surface area contributed by atoms with Gasteiger partial charge in [-0.05, 0) is 111 Å². The largest absolute Gasteiger partial charge is 0.483 e. The first kappa shape index (κ1) is 42.3. The van der Waals surface area contributed by atoms with E-state index in [1.165, 1.54) is 88.9 Å². The highest BCUT2D eigenvalue weighted by atomic mass is 16.5. The number of carbonyl (C=O) groups is 2. The second kappa shape index (κ2) is 22.0. The van der Waals surface area contributed by atoms with Gasteiger partial charge < -0.3 is 19.4 Å². The van der Waals surface area contributed by atoms with Gasteiger partial charge in [0.25, 0.3) is 6.47 Å². The summed E-state index contributed by atoms with van der Waals surface area (Å²) in [6.45, 7) is 19.9. The van der Waals surface area contributed by atoms with Gasteiger partial charge in [0.2, 0.25) is 0 Å². The third-order valence-electron chi connectivity index (χ3n) is 12.3. The number of methoxy groups -OCH3 is 1. The molecule has 0 amide bonds. The summed E-state index contributed by atoms with van der Waals surface area (Å²) in [5.41, 5.74) is 1.66. The van der Waals surface area contributed by atoms with E-state index in [1.807, 2.05) is 26.8 Å². The summed E-state index contributed by atoms with van der Waals surface area (Å²) in [5.74, 6) is 3.90. The lowest BCUT2D eigenvalue weighted by molar-refractivity contribution is -0.138. The lowest BCUT2D eigenvalue weighted by atomic mass is 9.46. The number of benzene rings is 1. The quantitative estimate of drug-likeness (QED) is 0.161. The van der Waals surface area contributed by atoms with Gasteiger partial charge in [-0.2, -0.15) is 0 Å². The van der Waals surface area contributed by atoms with Crippen molar-refractivity contribution in [3.8, 4) is 0 Å². The van der Waals surface area contributed by atoms with Crippen LogP contribution < -0.4 is 0 Å². The van der Waals surface area contributed by atoms with Gasteiger partial charge in [-0.1, -0.05) is 104 Å². The molecule has 4 rings (SSSR count). The number of carboxylic acid groups (broad SMARTS) is 1. The van der Waals surface area contributed by atoms with Crippen molar-refractivity contribution in [1.82, 2.24) is 0 Å². The molecular formula is C41H72O5. The average Bonchev–Trinajstić information content (AvgIpc) is 3.44. The number of fused-ring (bicyclic) bond motifs is 3. The van der Waals surface area contributed by atoms with Crippen LogP contribution in [0.5, 0.6) is 0 Å². The van der Waals surface area contributed by atoms with Gasteiger partial charge in [-0.3, -0.25) is 4.79 Å². The van der Waals surface area contributed by atoms with E-state index in [0.717, 1.165) is 36.7 Å². The Morgan fingerprint density at radius 1 is 0.913 bits per heavy atom. The number of rotatable bonds is 14. The molecule has 0 saturated heterocycles. The van der Waals surface area contributed by atoms with E-state index in [9.17, 15) is 4.79 Å². The maximum atomic E-state index is 12.9. The van der Waals surface area contributed by atoms with E-state index < -0.39 is 0 Å². The molecule has 5 nitrogen and oxygen atoms in total. The predicted molar refractivity (Wildman–Crippen MR) is 193 cm³/mol. The normalized spacial score (nSPS) is 30.8. The topological polar surface area (TPSA) is 72.8 Å². The summed E-state index contributed by atoms with van der Waals surface area (Å²) in [5, 5.41) is 6.89. The van der Waals surface area contributed by atoms with E-state index in [-0.39, 0.29) is 17.3 Å². The van der Waals surface area contributed by atoms with Crippen LogP contribution >= 0.6 is 0 Å². The fourth-order valence-corrected chi connectivity index (χ4v) is 9.92. The number of hydrogen-bond donors (Lipinski definition) is 1. The van der Waals surface area contributed by atoms with E-state index in [1.54, 1.807) is 7.11 Å². The summed E-state index contributed by atoms with van der Waals surface area (Å²) < 4.78 is 10.8. The third-order valence-corrected chi connectivity index (χ3v) is 12.3. The summed E-state index contributed by atoms with van der Waals surface area (Å²) in [7, 11) is 1.68. The first-order valence-electron chi connectivity index (χ1n) is 18.8. The van der Waals surface area contributed by atoms with Crippen LogP contribution in [0.25, 0.3) is 0 Å². The Hall–Kier alpha value is -1.72. The van der Waals surface area contributed by atoms with Crippen LogP contribution in [0.2, 0.25) is 0 Å². The minimum atomic E-state index is -0.350. The molecule has 0 bridgehead atoms. The van der Waals surface area contributed by atoms with Crippen molar-refractivity contribution in [1.29, 1.82) is 0 Å². The molecule has 1 aromatic rings. The Morgan fingerprint density at radius 2 is 1.54 bits per heavy atom. The molecule has 0 spiro atoms. The Kier molecular flexibility index (Phi) is 20.2. The highest BCUT2D eigenvalue weighted by molar-refractivity contribution is 5.60. The van der Waals surface area contributed by atoms with Crippen molar-refractivity contribution in [3.63, 3.8) is 0 Å². The number of unbranched alkanes of at least 4 members (excludes halogenated alkanes) is 2. The molecule has 0 radical (unpaired) electrons. The molecule has 3 aliphatic carbocycles. The minimum absolute atomic E-state index is 0.250. The monoisotopic (exact) mass is 645 g/mol. The zero-order valence-electron chi connectivity index (χ0n) is 31.3. The average molecular weight is 645 g/mol. The lowest BCUT2D eigenvalue weighted by Gasteiger charge is -2.59. The molecule has 266 valence electrons. The van der Waals surface area contributed by atoms with E-state index >= 15 is 0 Å². The van der Waals surface area contributed by atoms with Crippen molar-refractivity contribution in [2.75, 3.05) is 20.3 Å². The molecule has 8 unspecified atom stereocenters. The van der Waals surface area contributed by atoms with Crippen LogP contribution in [-0.4, -0.2) is 38.2 Å². The maximum absolute atomic E-state index is 12.9. The SMILES string of the molecule is CC.CCCCCC1(C)CCC2C(CCC3(C)C2CCC3C(C=O)(CC)COCc2ccccc2)C1CCC.CCOC.O=CO. The van der Waals surface area contributed by atoms with Gasteiger partial charge in [0.1, 0.15) is 6.29 Å². The third kappa shape index (κ3) is 10.6. The molecule has 0 heterocycles. The Balaban J connectivity index is 0.00000105. The molecule has 1 aromatic carbocycles. The molecular weight excluding hydrogens is 572 g/mol. The van der Waals surface area contributed by atoms with E-state index in [0.29, 0.717) is 24.5 Å². The van der Waals surface area contributed by atoms with Gasteiger partial charge in [0.05, 0.1) is 18.6 Å². The number of carbonyl (C=O) groups excluding carboxylic acids is 1. The van der Waals surface area contributed by atoms with E-state index in [4.69, 9.17) is 14.6 Å². The van der Waals surface area contributed by atoms with Gasteiger partial charge >= 0.3 is 0 Å². The standard InChI is InChI=1S/C35H56O2.C3H8O.C2H6.CH2O2/c1-6-9-13-21-33(4)22-19-29-28(30(33)14-7-2)20-23-34(5)31(29)17-18-32(34)35(8-3,25-36)26-37-24-27-15-11-10-12-16-27;1-3-4-2;1-2;2-1-3/h10-12,15-16,25,28-32H,6-9,13-14,17-24,26H2,1-5H3;3H2,1-2H3;1-2H3;1H,(H,2,3). The maximum Gasteiger partial charge on any atom is 0.290 e. The lowest BCUT2D eigenvalue weighted by Crippen LogP contribution is -2.53. The van der Waals surface area contributed by atoms with Crippen LogP contribution in [0.3, 0.4) is 0 Å². The molecule has 0 aromatic heterocycles. The Morgan fingerprint density at radius 3 is 2.09 bits per heavy atom. The summed E-state index contributed by atoms with van der Waals surface area (Å²) in [4.78, 5) is 21.2. The zero-order chi connectivity index (χ0) is 34.6. The van der Waals surface area contributed by atoms with Crippen molar-refractivity contribution in [2.45, 2.75) is 145 Å². The Bertz CT molecular complexity index is 934. The van der Waals surface area contributed by atoms with Crippen LogP contribution in [0.4, 0.5) is 0 Å². The van der Waals surface area contributed by atoms with Gasteiger partial charge in [0, 0.05) is 13.7 Å². The molecule has 1 N–H and O–H groups in total. The van der Waals surface area contributed by atoms with Crippen molar-refractivity contribution >= 4 is 12.8 Å². The molecule has 3 fully saturated rings. The highest BCUT2D eigenvalue weighted by Gasteiger charge is 2.61. The predicted octanol–water partition coefficient (Wildman–Crippen LogP) is 11.0. The van der Waals surface area contributed by atoms with Gasteiger partial charge in [-0.15, -0.1) is 0 Å². The number of hydrogen-bond acceptors (Lipinski definition) is 4. The highest BCUT2D eigenvalue weighted by Crippen LogP contribution is 2.68. The van der Waals surface area contributed by atoms with Crippen LogP contribution in [-0.2, 0) is 25.7 Å². The molecule has 3 saturated carbocycles. The number of ether oxygens (including phenoxy) is 2. The zero-order valence-corrected chi connectivity index (χ0v) is 31.3. The smallest absolute Gasteiger partial charge is 0.290 e. The second-order valence-corrected chi connectivity index (χ2v) is 14.5. The molecule has 8 atom stereocenters. The van der Waals surface area contributed by atoms with E-state index in [2.05, 4.69) is 63.6 Å². The summed E-state index contributed by atoms with van der Waals surface area (Å²) in [6.07, 6.45) is 18.6. The summed E-state index contributed by atoms with van der Waals surface area (Å²) in [6, 6.07) is 10.4. The van der Waals surface area contributed by atoms with Crippen LogP contribution in [0.1, 0.15) is 144 Å². The van der Waals surface area contributed by atoms with Crippen molar-refractivity contribution in [3.05, 3.63) is 35.9 Å². The molecule has 46 heavy (non-hydrogen) atoms. The minimum Gasteiger partial charge on any atom is -0.483 e. The van der Waals surface area contributed by atoms with Crippen molar-refractivity contribution < 1.29 is 24.2 Å². The fraction of sp³-hybridized carbons (Fsp3) is 0.805. The number of aldehydes is 1. The van der Waals surface area contributed by atoms with Crippen molar-refractivity contribution in [2.24, 2.45) is 45.8 Å².